The van der Waals surface area contributed by atoms with E-state index in [0.717, 1.165) is 23.2 Å². The second kappa shape index (κ2) is 5.20. The second-order valence-electron chi connectivity index (χ2n) is 4.13. The Kier molecular flexibility index (Phi) is 3.86. The number of anilines is 2. The summed E-state index contributed by atoms with van der Waals surface area (Å²) in [6.45, 7) is 2.01. The number of rotatable bonds is 4. The number of ether oxygens (including phenoxy) is 2. The third-order valence-corrected chi connectivity index (χ3v) is 3.62. The summed E-state index contributed by atoms with van der Waals surface area (Å²) >= 11 is 3.42. The number of halogens is 1. The van der Waals surface area contributed by atoms with Crippen molar-refractivity contribution in [3.8, 4) is 0 Å². The molecule has 1 aromatic heterocycles. The minimum absolute atomic E-state index is 0.255. The lowest BCUT2D eigenvalue weighted by molar-refractivity contribution is -0.00619. The minimum atomic E-state index is -0.255. The maximum absolute atomic E-state index is 5.86. The van der Waals surface area contributed by atoms with Gasteiger partial charge in [0, 0.05) is 32.9 Å². The Morgan fingerprint density at radius 2 is 2.47 bits per heavy atom. The van der Waals surface area contributed by atoms with E-state index in [1.165, 1.54) is 0 Å². The maximum atomic E-state index is 5.86. The molecule has 2 rings (SSSR count). The van der Waals surface area contributed by atoms with Crippen molar-refractivity contribution in [3.63, 3.8) is 0 Å². The Labute approximate surface area is 109 Å². The molecule has 0 radical (unpaired) electrons. The fraction of sp³-hybridized carbons (Fsp3) is 0.545. The second-order valence-corrected chi connectivity index (χ2v) is 4.98. The van der Waals surface area contributed by atoms with Crippen LogP contribution in [0.15, 0.2) is 16.9 Å². The molecule has 17 heavy (non-hydrogen) atoms. The highest BCUT2D eigenvalue weighted by Gasteiger charge is 2.34. The largest absolute Gasteiger partial charge is 0.396 e. The number of aromatic nitrogens is 1. The summed E-state index contributed by atoms with van der Waals surface area (Å²) in [6.07, 6.45) is 4.22. The maximum Gasteiger partial charge on any atom is 0.110 e. The quantitative estimate of drug-likeness (QED) is 0.885. The minimum Gasteiger partial charge on any atom is -0.396 e. The number of nitrogens with two attached hydrogens (primary N) is 1. The summed E-state index contributed by atoms with van der Waals surface area (Å²) in [4.78, 5) is 3.99. The van der Waals surface area contributed by atoms with Gasteiger partial charge in [0.25, 0.3) is 0 Å². The predicted molar refractivity (Wildman–Crippen MR) is 70.0 cm³/mol. The van der Waals surface area contributed by atoms with E-state index < -0.39 is 0 Å². The lowest BCUT2D eigenvalue weighted by atomic mass is 10.0. The molecule has 94 valence electrons. The van der Waals surface area contributed by atoms with Gasteiger partial charge in [-0.25, -0.2) is 0 Å². The summed E-state index contributed by atoms with van der Waals surface area (Å²) in [6, 6.07) is 0. The Hall–Kier alpha value is -0.850. The first-order valence-corrected chi connectivity index (χ1v) is 6.22. The highest BCUT2D eigenvalue weighted by molar-refractivity contribution is 9.10. The summed E-state index contributed by atoms with van der Waals surface area (Å²) in [5.74, 6) is 0. The van der Waals surface area contributed by atoms with Gasteiger partial charge >= 0.3 is 0 Å². The monoisotopic (exact) mass is 301 g/mol. The van der Waals surface area contributed by atoms with E-state index in [-0.39, 0.29) is 5.60 Å². The molecule has 1 aliphatic rings. The van der Waals surface area contributed by atoms with Crippen molar-refractivity contribution >= 4 is 27.3 Å². The molecule has 0 amide bonds. The number of nitrogens with zero attached hydrogens (tertiary/aromatic N) is 1. The molecule has 0 saturated carbocycles. The zero-order valence-electron chi connectivity index (χ0n) is 9.70. The van der Waals surface area contributed by atoms with Crippen molar-refractivity contribution in [2.75, 3.05) is 37.9 Å². The van der Waals surface area contributed by atoms with Crippen LogP contribution in [-0.4, -0.2) is 37.5 Å². The number of nitrogens with one attached hydrogen (secondary N) is 1. The lowest BCUT2D eigenvalue weighted by Crippen LogP contribution is -2.39. The molecule has 1 aromatic rings. The van der Waals surface area contributed by atoms with Gasteiger partial charge < -0.3 is 20.5 Å². The van der Waals surface area contributed by atoms with Crippen molar-refractivity contribution in [3.05, 3.63) is 16.9 Å². The van der Waals surface area contributed by atoms with Crippen LogP contribution in [0.3, 0.4) is 0 Å². The Balaban J connectivity index is 2.06. The van der Waals surface area contributed by atoms with Crippen LogP contribution in [0.5, 0.6) is 0 Å². The summed E-state index contributed by atoms with van der Waals surface area (Å²) in [5.41, 5.74) is 7.07. The van der Waals surface area contributed by atoms with E-state index in [2.05, 4.69) is 26.2 Å². The van der Waals surface area contributed by atoms with Crippen LogP contribution >= 0.6 is 15.9 Å². The number of hydrogen-bond donors (Lipinski definition) is 2. The Morgan fingerprint density at radius 3 is 3.06 bits per heavy atom. The SMILES string of the molecule is COC1(CNc2c(N)cncc2Br)CCOC1. The first kappa shape index (κ1) is 12.6. The molecule has 0 spiro atoms. The standard InChI is InChI=1S/C11H16BrN3O2/c1-16-11(2-3-17-7-11)6-15-10-8(12)4-14-5-9(10)13/h4-5H,2-3,6-7,13H2,1H3,(H,14,15). The van der Waals surface area contributed by atoms with Gasteiger partial charge in [-0.15, -0.1) is 0 Å². The van der Waals surface area contributed by atoms with E-state index >= 15 is 0 Å². The molecule has 0 aromatic carbocycles. The first-order valence-electron chi connectivity index (χ1n) is 5.43. The molecule has 1 atom stereocenters. The molecule has 1 unspecified atom stereocenters. The molecule has 0 aliphatic carbocycles. The molecule has 2 heterocycles. The van der Waals surface area contributed by atoms with Gasteiger partial charge in [-0.1, -0.05) is 0 Å². The highest BCUT2D eigenvalue weighted by atomic mass is 79.9. The van der Waals surface area contributed by atoms with Crippen LogP contribution in [-0.2, 0) is 9.47 Å². The average molecular weight is 302 g/mol. The molecule has 0 bridgehead atoms. The Morgan fingerprint density at radius 1 is 1.65 bits per heavy atom. The average Bonchev–Trinajstić information content (AvgIpc) is 2.78. The van der Waals surface area contributed by atoms with Gasteiger partial charge in [0.1, 0.15) is 5.60 Å². The smallest absolute Gasteiger partial charge is 0.110 e. The zero-order valence-corrected chi connectivity index (χ0v) is 11.3. The van der Waals surface area contributed by atoms with E-state index in [1.807, 2.05) is 0 Å². The zero-order chi connectivity index (χ0) is 12.3. The van der Waals surface area contributed by atoms with Gasteiger partial charge in [0.15, 0.2) is 0 Å². The predicted octanol–water partition coefficient (Wildman–Crippen LogP) is 1.64. The van der Waals surface area contributed by atoms with Gasteiger partial charge in [-0.05, 0) is 15.9 Å². The summed E-state index contributed by atoms with van der Waals surface area (Å²) < 4.78 is 11.8. The van der Waals surface area contributed by atoms with Crippen molar-refractivity contribution in [2.45, 2.75) is 12.0 Å². The summed E-state index contributed by atoms with van der Waals surface area (Å²) in [7, 11) is 1.71. The molecule has 5 nitrogen and oxygen atoms in total. The normalized spacial score (nSPS) is 23.9. The molecule has 1 fully saturated rings. The highest BCUT2D eigenvalue weighted by Crippen LogP contribution is 2.29. The van der Waals surface area contributed by atoms with E-state index in [4.69, 9.17) is 15.2 Å². The fourth-order valence-electron chi connectivity index (χ4n) is 1.85. The van der Waals surface area contributed by atoms with E-state index in [9.17, 15) is 0 Å². The van der Waals surface area contributed by atoms with E-state index in [0.29, 0.717) is 18.8 Å². The van der Waals surface area contributed by atoms with Crippen molar-refractivity contribution in [1.82, 2.24) is 4.98 Å². The molecule has 1 saturated heterocycles. The van der Waals surface area contributed by atoms with Gasteiger partial charge in [0.2, 0.25) is 0 Å². The lowest BCUT2D eigenvalue weighted by Gasteiger charge is -2.27. The van der Waals surface area contributed by atoms with Crippen LogP contribution in [0.2, 0.25) is 0 Å². The molecule has 6 heteroatoms. The summed E-state index contributed by atoms with van der Waals surface area (Å²) in [5, 5.41) is 3.30. The molecular formula is C11H16BrN3O2. The fourth-order valence-corrected chi connectivity index (χ4v) is 2.33. The van der Waals surface area contributed by atoms with Gasteiger partial charge in [-0.3, -0.25) is 4.98 Å². The first-order chi connectivity index (χ1) is 8.17. The van der Waals surface area contributed by atoms with Gasteiger partial charge in [0.05, 0.1) is 28.7 Å². The number of hydrogen-bond acceptors (Lipinski definition) is 5. The topological polar surface area (TPSA) is 69.4 Å². The van der Waals surface area contributed by atoms with Crippen LogP contribution in [0.1, 0.15) is 6.42 Å². The van der Waals surface area contributed by atoms with Crippen molar-refractivity contribution in [1.29, 1.82) is 0 Å². The third kappa shape index (κ3) is 2.70. The van der Waals surface area contributed by atoms with Crippen molar-refractivity contribution in [2.24, 2.45) is 0 Å². The van der Waals surface area contributed by atoms with Crippen molar-refractivity contribution < 1.29 is 9.47 Å². The Bertz CT molecular complexity index is 374. The van der Waals surface area contributed by atoms with Crippen LogP contribution in [0.4, 0.5) is 11.4 Å². The molecule has 3 N–H and O–H groups in total. The van der Waals surface area contributed by atoms with Crippen LogP contribution in [0.25, 0.3) is 0 Å². The van der Waals surface area contributed by atoms with E-state index in [1.54, 1.807) is 19.5 Å². The number of nitrogen functional groups attached to an aromatic ring is 1. The number of methoxy groups -OCH3 is 1. The van der Waals surface area contributed by atoms with Crippen LogP contribution in [0, 0.1) is 0 Å². The van der Waals surface area contributed by atoms with Crippen LogP contribution < -0.4 is 11.1 Å². The third-order valence-electron chi connectivity index (χ3n) is 3.02. The number of pyridine rings is 1. The molecular weight excluding hydrogens is 286 g/mol. The van der Waals surface area contributed by atoms with Gasteiger partial charge in [-0.2, -0.15) is 0 Å². The molecule has 1 aliphatic heterocycles.